The van der Waals surface area contributed by atoms with Gasteiger partial charge in [-0.15, -0.1) is 0 Å². The zero-order valence-electron chi connectivity index (χ0n) is 12.0. The molecule has 1 fully saturated rings. The Hall–Kier alpha value is -2.34. The van der Waals surface area contributed by atoms with E-state index in [1.54, 1.807) is 0 Å². The molecule has 3 atom stereocenters. The summed E-state index contributed by atoms with van der Waals surface area (Å²) in [6.07, 6.45) is 9.18. The van der Waals surface area contributed by atoms with E-state index in [9.17, 15) is 5.26 Å². The van der Waals surface area contributed by atoms with Gasteiger partial charge in [-0.1, -0.05) is 24.3 Å². The maximum absolute atomic E-state index is 9.49. The highest BCUT2D eigenvalue weighted by atomic mass is 14.9. The SMILES string of the molecule is Cc1ccc2nc(/C(C#N)=C\C3CC4C=CC3C4)[nH]c2c1. The molecule has 0 amide bonds. The number of hydrogen-bond donors (Lipinski definition) is 1. The van der Waals surface area contributed by atoms with Gasteiger partial charge >= 0.3 is 0 Å². The quantitative estimate of drug-likeness (QED) is 0.665. The van der Waals surface area contributed by atoms with Crippen molar-refractivity contribution in [3.05, 3.63) is 47.8 Å². The predicted molar refractivity (Wildman–Crippen MR) is 83.3 cm³/mol. The first-order valence-corrected chi connectivity index (χ1v) is 7.50. The molecular formula is C18H17N3. The third-order valence-electron chi connectivity index (χ3n) is 4.72. The fourth-order valence-electron chi connectivity index (χ4n) is 3.65. The molecule has 1 aromatic heterocycles. The third-order valence-corrected chi connectivity index (χ3v) is 4.72. The summed E-state index contributed by atoms with van der Waals surface area (Å²) in [6.45, 7) is 2.06. The van der Waals surface area contributed by atoms with E-state index in [0.29, 0.717) is 23.2 Å². The number of H-pyrrole nitrogens is 1. The molecule has 2 bridgehead atoms. The highest BCUT2D eigenvalue weighted by molar-refractivity contribution is 5.82. The number of benzene rings is 1. The minimum atomic E-state index is 0.490. The Kier molecular flexibility index (Phi) is 2.71. The number of hydrogen-bond acceptors (Lipinski definition) is 2. The Labute approximate surface area is 124 Å². The average molecular weight is 275 g/mol. The van der Waals surface area contributed by atoms with Gasteiger partial charge in [0.2, 0.25) is 0 Å². The largest absolute Gasteiger partial charge is 0.337 e. The van der Waals surface area contributed by atoms with Crippen molar-refractivity contribution in [2.45, 2.75) is 19.8 Å². The van der Waals surface area contributed by atoms with Crippen LogP contribution in [-0.2, 0) is 0 Å². The van der Waals surface area contributed by atoms with E-state index in [2.05, 4.69) is 47.3 Å². The van der Waals surface area contributed by atoms with Crippen LogP contribution in [0.3, 0.4) is 0 Å². The fraction of sp³-hybridized carbons (Fsp3) is 0.333. The van der Waals surface area contributed by atoms with Crippen LogP contribution in [0.25, 0.3) is 16.6 Å². The van der Waals surface area contributed by atoms with E-state index in [1.165, 1.54) is 18.4 Å². The standard InChI is InChI=1S/C18H17N3/c1-11-2-5-16-17(6-11)21-18(20-16)15(10-19)9-14-8-12-3-4-13(14)7-12/h2-6,9,12-14H,7-8H2,1H3,(H,20,21)/b15-9-. The second kappa shape index (κ2) is 4.60. The number of allylic oxidation sites excluding steroid dienone is 4. The molecule has 21 heavy (non-hydrogen) atoms. The summed E-state index contributed by atoms with van der Waals surface area (Å²) in [5, 5.41) is 9.49. The molecule has 3 nitrogen and oxygen atoms in total. The Morgan fingerprint density at radius 3 is 3.00 bits per heavy atom. The molecule has 2 aliphatic carbocycles. The van der Waals surface area contributed by atoms with E-state index < -0.39 is 0 Å². The predicted octanol–water partition coefficient (Wildman–Crippen LogP) is 3.99. The zero-order valence-corrected chi connectivity index (χ0v) is 12.0. The van der Waals surface area contributed by atoms with Gasteiger partial charge in [0.1, 0.15) is 11.9 Å². The minimum Gasteiger partial charge on any atom is -0.337 e. The minimum absolute atomic E-state index is 0.490. The van der Waals surface area contributed by atoms with Crippen molar-refractivity contribution < 1.29 is 0 Å². The van der Waals surface area contributed by atoms with Crippen LogP contribution in [-0.4, -0.2) is 9.97 Å². The summed E-state index contributed by atoms with van der Waals surface area (Å²) in [5.74, 6) is 2.52. The van der Waals surface area contributed by atoms with Crippen molar-refractivity contribution >= 4 is 16.6 Å². The first-order chi connectivity index (χ1) is 10.2. The maximum atomic E-state index is 9.49. The summed E-state index contributed by atoms with van der Waals surface area (Å²) >= 11 is 0. The van der Waals surface area contributed by atoms with Gasteiger partial charge in [-0.3, -0.25) is 0 Å². The van der Waals surface area contributed by atoms with E-state index in [0.717, 1.165) is 17.0 Å². The number of aromatic amines is 1. The molecule has 2 aromatic rings. The topological polar surface area (TPSA) is 52.5 Å². The third kappa shape index (κ3) is 2.08. The van der Waals surface area contributed by atoms with Crippen molar-refractivity contribution in [3.8, 4) is 6.07 Å². The maximum Gasteiger partial charge on any atom is 0.148 e. The van der Waals surface area contributed by atoms with E-state index in [1.807, 2.05) is 12.1 Å². The monoisotopic (exact) mass is 275 g/mol. The number of nitrogens with one attached hydrogen (secondary N) is 1. The molecule has 0 radical (unpaired) electrons. The van der Waals surface area contributed by atoms with Gasteiger partial charge in [0, 0.05) is 0 Å². The molecule has 4 rings (SSSR count). The van der Waals surface area contributed by atoms with Crippen LogP contribution in [0.4, 0.5) is 0 Å². The lowest BCUT2D eigenvalue weighted by Crippen LogP contribution is -2.04. The number of nitriles is 1. The fourth-order valence-corrected chi connectivity index (χ4v) is 3.65. The molecule has 1 N–H and O–H groups in total. The van der Waals surface area contributed by atoms with E-state index >= 15 is 0 Å². The molecule has 0 spiro atoms. The van der Waals surface area contributed by atoms with Crippen LogP contribution >= 0.6 is 0 Å². The number of fused-ring (bicyclic) bond motifs is 3. The van der Waals surface area contributed by atoms with Crippen LogP contribution in [0, 0.1) is 36.0 Å². The molecule has 104 valence electrons. The molecular weight excluding hydrogens is 258 g/mol. The molecule has 1 heterocycles. The molecule has 2 aliphatic rings. The van der Waals surface area contributed by atoms with Crippen molar-refractivity contribution in [2.75, 3.05) is 0 Å². The van der Waals surface area contributed by atoms with Gasteiger partial charge in [-0.25, -0.2) is 4.98 Å². The van der Waals surface area contributed by atoms with Crippen molar-refractivity contribution in [3.63, 3.8) is 0 Å². The first-order valence-electron chi connectivity index (χ1n) is 7.50. The number of nitrogens with zero attached hydrogens (tertiary/aromatic N) is 2. The highest BCUT2D eigenvalue weighted by Crippen LogP contribution is 2.44. The second-order valence-electron chi connectivity index (χ2n) is 6.24. The van der Waals surface area contributed by atoms with Gasteiger partial charge in [-0.05, 0) is 55.2 Å². The number of imidazole rings is 1. The van der Waals surface area contributed by atoms with Crippen LogP contribution in [0.1, 0.15) is 24.2 Å². The van der Waals surface area contributed by atoms with Crippen molar-refractivity contribution in [1.82, 2.24) is 9.97 Å². The number of rotatable bonds is 2. The molecule has 0 aliphatic heterocycles. The highest BCUT2D eigenvalue weighted by Gasteiger charge is 2.34. The molecule has 1 aromatic carbocycles. The van der Waals surface area contributed by atoms with Gasteiger partial charge in [0.05, 0.1) is 16.6 Å². The van der Waals surface area contributed by atoms with Crippen LogP contribution in [0.5, 0.6) is 0 Å². The molecule has 0 saturated heterocycles. The Bertz CT molecular complexity index is 803. The lowest BCUT2D eigenvalue weighted by Gasteiger charge is -2.13. The van der Waals surface area contributed by atoms with Gasteiger partial charge in [0.15, 0.2) is 0 Å². The normalized spacial score (nSPS) is 27.4. The van der Waals surface area contributed by atoms with Crippen LogP contribution in [0.15, 0.2) is 36.4 Å². The smallest absolute Gasteiger partial charge is 0.148 e. The molecule has 1 saturated carbocycles. The van der Waals surface area contributed by atoms with Crippen molar-refractivity contribution in [1.29, 1.82) is 5.26 Å². The van der Waals surface area contributed by atoms with Crippen LogP contribution < -0.4 is 0 Å². The van der Waals surface area contributed by atoms with Gasteiger partial charge in [-0.2, -0.15) is 5.26 Å². The Morgan fingerprint density at radius 1 is 1.38 bits per heavy atom. The summed E-state index contributed by atoms with van der Waals surface area (Å²) in [7, 11) is 0. The summed E-state index contributed by atoms with van der Waals surface area (Å²) < 4.78 is 0. The summed E-state index contributed by atoms with van der Waals surface area (Å²) in [6, 6.07) is 8.44. The molecule has 3 heteroatoms. The lowest BCUT2D eigenvalue weighted by atomic mass is 9.91. The van der Waals surface area contributed by atoms with Crippen LogP contribution in [0.2, 0.25) is 0 Å². The second-order valence-corrected chi connectivity index (χ2v) is 6.24. The Morgan fingerprint density at radius 2 is 2.29 bits per heavy atom. The van der Waals surface area contributed by atoms with Gasteiger partial charge in [0.25, 0.3) is 0 Å². The first kappa shape index (κ1) is 12.4. The van der Waals surface area contributed by atoms with E-state index in [-0.39, 0.29) is 0 Å². The number of aryl methyl sites for hydroxylation is 1. The van der Waals surface area contributed by atoms with Crippen molar-refractivity contribution in [2.24, 2.45) is 17.8 Å². The Balaban J connectivity index is 1.71. The average Bonchev–Trinajstić information content (AvgIpc) is 3.18. The zero-order chi connectivity index (χ0) is 14.4. The number of aromatic nitrogens is 2. The van der Waals surface area contributed by atoms with E-state index in [4.69, 9.17) is 0 Å². The summed E-state index contributed by atoms with van der Waals surface area (Å²) in [4.78, 5) is 7.85. The summed E-state index contributed by atoms with van der Waals surface area (Å²) in [5.41, 5.74) is 3.79. The molecule has 3 unspecified atom stereocenters. The lowest BCUT2D eigenvalue weighted by molar-refractivity contribution is 0.551. The van der Waals surface area contributed by atoms with Gasteiger partial charge < -0.3 is 4.98 Å².